The molecular formula is C13H24O3. The Hall–Kier alpha value is -0.570. The van der Waals surface area contributed by atoms with Crippen molar-refractivity contribution >= 4 is 5.97 Å². The van der Waals surface area contributed by atoms with E-state index in [2.05, 4.69) is 6.92 Å². The van der Waals surface area contributed by atoms with Gasteiger partial charge in [-0.15, -0.1) is 0 Å². The van der Waals surface area contributed by atoms with Crippen LogP contribution in [0.3, 0.4) is 0 Å². The average molecular weight is 228 g/mol. The summed E-state index contributed by atoms with van der Waals surface area (Å²) in [5, 5.41) is 19.4. The molecule has 4 unspecified atom stereocenters. The van der Waals surface area contributed by atoms with Crippen molar-refractivity contribution in [1.29, 1.82) is 0 Å². The number of aliphatic hydroxyl groups is 1. The smallest absolute Gasteiger partial charge is 0.309 e. The van der Waals surface area contributed by atoms with Crippen molar-refractivity contribution in [2.45, 2.75) is 52.6 Å². The van der Waals surface area contributed by atoms with Crippen LogP contribution < -0.4 is 0 Å². The lowest BCUT2D eigenvalue weighted by Gasteiger charge is -2.34. The van der Waals surface area contributed by atoms with Crippen molar-refractivity contribution in [2.75, 3.05) is 0 Å². The second kappa shape index (κ2) is 5.67. The van der Waals surface area contributed by atoms with E-state index in [4.69, 9.17) is 5.11 Å². The van der Waals surface area contributed by atoms with E-state index >= 15 is 0 Å². The molecule has 1 rings (SSSR count). The fourth-order valence-electron chi connectivity index (χ4n) is 2.91. The molecule has 1 aliphatic rings. The molecule has 0 aliphatic heterocycles. The van der Waals surface area contributed by atoms with Crippen molar-refractivity contribution in [3.05, 3.63) is 0 Å². The molecule has 0 amide bonds. The third kappa shape index (κ3) is 3.21. The molecule has 0 aromatic heterocycles. The molecule has 0 heterocycles. The molecule has 0 aromatic rings. The monoisotopic (exact) mass is 228 g/mol. The topological polar surface area (TPSA) is 57.5 Å². The molecule has 3 heteroatoms. The average Bonchev–Trinajstić information content (AvgIpc) is 2.16. The van der Waals surface area contributed by atoms with E-state index in [1.807, 2.05) is 13.8 Å². The van der Waals surface area contributed by atoms with Crippen LogP contribution in [-0.2, 0) is 4.79 Å². The highest BCUT2D eigenvalue weighted by atomic mass is 16.4. The van der Waals surface area contributed by atoms with Gasteiger partial charge in [0.15, 0.2) is 0 Å². The quantitative estimate of drug-likeness (QED) is 0.777. The third-order valence-corrected chi connectivity index (χ3v) is 3.83. The van der Waals surface area contributed by atoms with Gasteiger partial charge >= 0.3 is 5.97 Å². The zero-order valence-electron chi connectivity index (χ0n) is 10.5. The highest BCUT2D eigenvalue weighted by Crippen LogP contribution is 2.34. The van der Waals surface area contributed by atoms with E-state index in [0.717, 1.165) is 19.3 Å². The summed E-state index contributed by atoms with van der Waals surface area (Å²) in [6.07, 6.45) is 3.59. The van der Waals surface area contributed by atoms with E-state index < -0.39 is 18.0 Å². The van der Waals surface area contributed by atoms with E-state index in [-0.39, 0.29) is 11.8 Å². The van der Waals surface area contributed by atoms with Crippen LogP contribution in [0.2, 0.25) is 0 Å². The van der Waals surface area contributed by atoms with Gasteiger partial charge in [-0.2, -0.15) is 0 Å². The highest BCUT2D eigenvalue weighted by Gasteiger charge is 2.36. The van der Waals surface area contributed by atoms with Crippen LogP contribution in [0.5, 0.6) is 0 Å². The Bertz CT molecular complexity index is 237. The molecule has 0 saturated heterocycles. The van der Waals surface area contributed by atoms with Crippen LogP contribution >= 0.6 is 0 Å². The molecule has 1 saturated carbocycles. The minimum absolute atomic E-state index is 0.00951. The zero-order valence-corrected chi connectivity index (χ0v) is 10.5. The summed E-state index contributed by atoms with van der Waals surface area (Å²) in [5.74, 6) is -0.692. The first-order chi connectivity index (χ1) is 7.43. The normalized spacial score (nSPS) is 30.1. The lowest BCUT2D eigenvalue weighted by atomic mass is 9.74. The van der Waals surface area contributed by atoms with E-state index in [1.165, 1.54) is 6.42 Å². The molecule has 0 radical (unpaired) electrons. The fraction of sp³-hybridized carbons (Fsp3) is 0.923. The van der Waals surface area contributed by atoms with Gasteiger partial charge in [0.05, 0.1) is 12.0 Å². The van der Waals surface area contributed by atoms with Crippen molar-refractivity contribution in [3.8, 4) is 0 Å². The maximum atomic E-state index is 11.1. The van der Waals surface area contributed by atoms with Crippen molar-refractivity contribution in [1.82, 2.24) is 0 Å². The maximum Gasteiger partial charge on any atom is 0.309 e. The van der Waals surface area contributed by atoms with Gasteiger partial charge in [0.1, 0.15) is 0 Å². The molecule has 2 N–H and O–H groups in total. The number of carbonyl (C=O) groups is 1. The summed E-state index contributed by atoms with van der Waals surface area (Å²) in [7, 11) is 0. The van der Waals surface area contributed by atoms with Crippen molar-refractivity contribution < 1.29 is 15.0 Å². The van der Waals surface area contributed by atoms with Crippen LogP contribution in [0.1, 0.15) is 46.5 Å². The van der Waals surface area contributed by atoms with Gasteiger partial charge in [0, 0.05) is 0 Å². The third-order valence-electron chi connectivity index (χ3n) is 3.83. The fourth-order valence-corrected chi connectivity index (χ4v) is 2.91. The lowest BCUT2D eigenvalue weighted by Crippen LogP contribution is -2.39. The Balaban J connectivity index is 2.66. The number of rotatable bonds is 4. The summed E-state index contributed by atoms with van der Waals surface area (Å²) in [5.41, 5.74) is 0. The van der Waals surface area contributed by atoms with E-state index in [0.29, 0.717) is 5.92 Å². The van der Waals surface area contributed by atoms with Gasteiger partial charge < -0.3 is 10.2 Å². The van der Waals surface area contributed by atoms with Gasteiger partial charge in [-0.1, -0.05) is 33.6 Å². The first-order valence-electron chi connectivity index (χ1n) is 6.34. The molecule has 1 fully saturated rings. The Morgan fingerprint density at radius 2 is 1.94 bits per heavy atom. The SMILES string of the molecule is CC1CCCC(C(O)C(C(=O)O)C(C)C)C1. The first-order valence-corrected chi connectivity index (χ1v) is 6.34. The molecule has 0 spiro atoms. The standard InChI is InChI=1S/C13H24O3/c1-8(2)11(13(15)16)12(14)10-6-4-5-9(3)7-10/h8-12,14H,4-7H2,1-3H3,(H,15,16). The van der Waals surface area contributed by atoms with Crippen LogP contribution in [0.15, 0.2) is 0 Å². The summed E-state index contributed by atoms with van der Waals surface area (Å²) < 4.78 is 0. The molecule has 16 heavy (non-hydrogen) atoms. The van der Waals surface area contributed by atoms with Gasteiger partial charge in [0.25, 0.3) is 0 Å². The minimum Gasteiger partial charge on any atom is -0.481 e. The summed E-state index contributed by atoms with van der Waals surface area (Å²) in [6, 6.07) is 0. The first kappa shape index (κ1) is 13.5. The predicted molar refractivity (Wildman–Crippen MR) is 63.1 cm³/mol. The molecule has 1 aliphatic carbocycles. The summed E-state index contributed by atoms with van der Waals surface area (Å²) in [6.45, 7) is 5.92. The maximum absolute atomic E-state index is 11.1. The largest absolute Gasteiger partial charge is 0.481 e. The summed E-state index contributed by atoms with van der Waals surface area (Å²) >= 11 is 0. The molecule has 0 bridgehead atoms. The lowest BCUT2D eigenvalue weighted by molar-refractivity contribution is -0.150. The van der Waals surface area contributed by atoms with Crippen LogP contribution in [0.25, 0.3) is 0 Å². The van der Waals surface area contributed by atoms with Crippen molar-refractivity contribution in [2.24, 2.45) is 23.7 Å². The van der Waals surface area contributed by atoms with E-state index in [9.17, 15) is 9.90 Å². The van der Waals surface area contributed by atoms with Crippen LogP contribution in [0, 0.1) is 23.7 Å². The number of aliphatic carboxylic acids is 1. The van der Waals surface area contributed by atoms with Gasteiger partial charge in [-0.25, -0.2) is 0 Å². The Morgan fingerprint density at radius 3 is 2.38 bits per heavy atom. The highest BCUT2D eigenvalue weighted by molar-refractivity contribution is 5.71. The number of carboxylic acids is 1. The molecule has 4 atom stereocenters. The number of hydrogen-bond acceptors (Lipinski definition) is 2. The Labute approximate surface area is 97.9 Å². The van der Waals surface area contributed by atoms with E-state index in [1.54, 1.807) is 0 Å². The Kier molecular flexibility index (Phi) is 4.78. The molecule has 0 aromatic carbocycles. The van der Waals surface area contributed by atoms with Crippen LogP contribution in [-0.4, -0.2) is 22.3 Å². The Morgan fingerprint density at radius 1 is 1.31 bits per heavy atom. The molecular weight excluding hydrogens is 204 g/mol. The second-order valence-electron chi connectivity index (χ2n) is 5.63. The predicted octanol–water partition coefficient (Wildman–Crippen LogP) is 2.53. The van der Waals surface area contributed by atoms with Gasteiger partial charge in [-0.3, -0.25) is 4.79 Å². The number of carboxylic acid groups (broad SMARTS) is 1. The molecule has 94 valence electrons. The number of aliphatic hydroxyl groups excluding tert-OH is 1. The van der Waals surface area contributed by atoms with Gasteiger partial charge in [-0.05, 0) is 30.6 Å². The minimum atomic E-state index is -0.860. The van der Waals surface area contributed by atoms with Gasteiger partial charge in [0.2, 0.25) is 0 Å². The number of hydrogen-bond donors (Lipinski definition) is 2. The second-order valence-corrected chi connectivity index (χ2v) is 5.63. The summed E-state index contributed by atoms with van der Waals surface area (Å²) in [4.78, 5) is 11.1. The molecule has 3 nitrogen and oxygen atoms in total. The van der Waals surface area contributed by atoms with Crippen LogP contribution in [0.4, 0.5) is 0 Å². The van der Waals surface area contributed by atoms with Crippen molar-refractivity contribution in [3.63, 3.8) is 0 Å². The zero-order chi connectivity index (χ0) is 12.3.